The molecule has 25 heavy (non-hydrogen) atoms. The number of hydrogen-bond donors (Lipinski definition) is 0. The van der Waals surface area contributed by atoms with E-state index in [2.05, 4.69) is 10.2 Å². The number of benzene rings is 1. The minimum atomic E-state index is -0.883. The molecule has 0 N–H and O–H groups in total. The Kier molecular flexibility index (Phi) is 5.08. The first-order chi connectivity index (χ1) is 12.1. The highest BCUT2D eigenvalue weighted by Gasteiger charge is 2.27. The van der Waals surface area contributed by atoms with Crippen molar-refractivity contribution in [2.45, 2.75) is 20.0 Å². The Morgan fingerprint density at radius 1 is 1.16 bits per heavy atom. The third-order valence-corrected chi connectivity index (χ3v) is 3.92. The van der Waals surface area contributed by atoms with Crippen LogP contribution in [0.4, 0.5) is 0 Å². The van der Waals surface area contributed by atoms with E-state index in [0.29, 0.717) is 32.0 Å². The van der Waals surface area contributed by atoms with Crippen LogP contribution in [0.5, 0.6) is 0 Å². The second kappa shape index (κ2) is 7.43. The molecule has 8 heteroatoms. The third kappa shape index (κ3) is 3.85. The second-order valence-electron chi connectivity index (χ2n) is 5.74. The summed E-state index contributed by atoms with van der Waals surface area (Å²) in [6, 6.07) is 9.26. The van der Waals surface area contributed by atoms with Crippen molar-refractivity contribution in [1.29, 1.82) is 0 Å². The molecule has 1 amide bonds. The Morgan fingerprint density at radius 3 is 2.52 bits per heavy atom. The molecule has 8 nitrogen and oxygen atoms in total. The molecule has 2 heterocycles. The molecule has 0 spiro atoms. The fraction of sp³-hybridized carbons (Fsp3) is 0.412. The van der Waals surface area contributed by atoms with Gasteiger partial charge in [0.25, 0.3) is 5.91 Å². The predicted molar refractivity (Wildman–Crippen MR) is 88.4 cm³/mol. The Morgan fingerprint density at radius 2 is 1.84 bits per heavy atom. The molecule has 0 aliphatic carbocycles. The quantitative estimate of drug-likeness (QED) is 0.769. The van der Waals surface area contributed by atoms with E-state index in [1.54, 1.807) is 18.7 Å². The molecule has 132 valence electrons. The van der Waals surface area contributed by atoms with Gasteiger partial charge in [0.15, 0.2) is 11.8 Å². The molecule has 2 aromatic rings. The van der Waals surface area contributed by atoms with E-state index in [0.717, 1.165) is 5.69 Å². The van der Waals surface area contributed by atoms with Crippen LogP contribution in [0.3, 0.4) is 0 Å². The molecule has 0 saturated carbocycles. The summed E-state index contributed by atoms with van der Waals surface area (Å²) in [6.45, 7) is 5.24. The number of aryl methyl sites for hydroxylation is 1. The smallest absolute Gasteiger partial charge is 0.361 e. The van der Waals surface area contributed by atoms with Crippen molar-refractivity contribution >= 4 is 11.9 Å². The number of hydrogen-bond acceptors (Lipinski definition) is 6. The molecular formula is C17H20N4O4. The number of para-hydroxylation sites is 1. The maximum Gasteiger partial charge on any atom is 0.361 e. The van der Waals surface area contributed by atoms with Crippen LogP contribution in [0.2, 0.25) is 0 Å². The number of aromatic nitrogens is 3. The first-order valence-electron chi connectivity index (χ1n) is 8.13. The van der Waals surface area contributed by atoms with E-state index in [4.69, 9.17) is 9.47 Å². The zero-order chi connectivity index (χ0) is 17.8. The summed E-state index contributed by atoms with van der Waals surface area (Å²) in [4.78, 5) is 27.7. The number of rotatable bonds is 4. The van der Waals surface area contributed by atoms with Crippen molar-refractivity contribution in [2.24, 2.45) is 0 Å². The lowest BCUT2D eigenvalue weighted by Gasteiger charge is -2.28. The van der Waals surface area contributed by atoms with E-state index in [-0.39, 0.29) is 11.6 Å². The van der Waals surface area contributed by atoms with Gasteiger partial charge in [0.2, 0.25) is 0 Å². The van der Waals surface area contributed by atoms with Crippen molar-refractivity contribution in [3.05, 3.63) is 41.7 Å². The van der Waals surface area contributed by atoms with Crippen LogP contribution < -0.4 is 0 Å². The van der Waals surface area contributed by atoms with Gasteiger partial charge in [0.1, 0.15) is 0 Å². The van der Waals surface area contributed by atoms with E-state index >= 15 is 0 Å². The molecule has 1 unspecified atom stereocenters. The van der Waals surface area contributed by atoms with Crippen LogP contribution in [0.15, 0.2) is 30.3 Å². The molecule has 3 rings (SSSR count). The van der Waals surface area contributed by atoms with Crippen LogP contribution in [0, 0.1) is 6.92 Å². The minimum absolute atomic E-state index is 0.102. The maximum atomic E-state index is 12.4. The Hall–Kier alpha value is -2.74. The summed E-state index contributed by atoms with van der Waals surface area (Å²) in [5.74, 6) is -0.890. The monoisotopic (exact) mass is 344 g/mol. The van der Waals surface area contributed by atoms with Crippen molar-refractivity contribution in [2.75, 3.05) is 26.3 Å². The fourth-order valence-electron chi connectivity index (χ4n) is 2.55. The highest BCUT2D eigenvalue weighted by Crippen LogP contribution is 2.11. The molecule has 1 aliphatic heterocycles. The lowest BCUT2D eigenvalue weighted by atomic mass is 10.3. The summed E-state index contributed by atoms with van der Waals surface area (Å²) in [6.07, 6.45) is -0.883. The van der Waals surface area contributed by atoms with Gasteiger partial charge in [0, 0.05) is 13.1 Å². The summed E-state index contributed by atoms with van der Waals surface area (Å²) in [7, 11) is 0. The SMILES string of the molecule is Cc1nn(-c2ccccc2)nc1C(=O)OC(C)C(=O)N1CCOCC1. The zero-order valence-electron chi connectivity index (χ0n) is 14.2. The van der Waals surface area contributed by atoms with Crippen LogP contribution in [-0.4, -0.2) is 64.2 Å². The molecule has 1 saturated heterocycles. The van der Waals surface area contributed by atoms with Crippen molar-refractivity contribution in [1.82, 2.24) is 19.9 Å². The summed E-state index contributed by atoms with van der Waals surface area (Å²) in [5, 5.41) is 8.43. The third-order valence-electron chi connectivity index (χ3n) is 3.92. The number of amides is 1. The Balaban J connectivity index is 1.68. The highest BCUT2D eigenvalue weighted by atomic mass is 16.5. The number of ether oxygens (including phenoxy) is 2. The molecule has 0 bridgehead atoms. The standard InChI is InChI=1S/C17H20N4O4/c1-12-15(19-21(18-12)14-6-4-3-5-7-14)17(23)25-13(2)16(22)20-8-10-24-11-9-20/h3-7,13H,8-11H2,1-2H3. The van der Waals surface area contributed by atoms with Gasteiger partial charge in [-0.25, -0.2) is 4.79 Å². The Labute approximate surface area is 145 Å². The van der Waals surface area contributed by atoms with Gasteiger partial charge >= 0.3 is 5.97 Å². The molecular weight excluding hydrogens is 324 g/mol. The zero-order valence-corrected chi connectivity index (χ0v) is 14.2. The van der Waals surface area contributed by atoms with Gasteiger partial charge in [-0.1, -0.05) is 18.2 Å². The van der Waals surface area contributed by atoms with Crippen LogP contribution in [0.1, 0.15) is 23.1 Å². The van der Waals surface area contributed by atoms with Crippen molar-refractivity contribution < 1.29 is 19.1 Å². The maximum absolute atomic E-state index is 12.4. The molecule has 1 aromatic heterocycles. The number of carbonyl (C=O) groups is 2. The number of esters is 1. The normalized spacial score (nSPS) is 15.7. The average Bonchev–Trinajstić information content (AvgIpc) is 3.04. The molecule has 1 aliphatic rings. The molecule has 1 fully saturated rings. The highest BCUT2D eigenvalue weighted by molar-refractivity contribution is 5.91. The van der Waals surface area contributed by atoms with Gasteiger partial charge in [-0.15, -0.1) is 5.10 Å². The topological polar surface area (TPSA) is 86.6 Å². The second-order valence-corrected chi connectivity index (χ2v) is 5.74. The minimum Gasteiger partial charge on any atom is -0.448 e. The van der Waals surface area contributed by atoms with Gasteiger partial charge in [-0.3, -0.25) is 4.79 Å². The Bertz CT molecular complexity index is 753. The predicted octanol–water partition coefficient (Wildman–Crippen LogP) is 0.980. The van der Waals surface area contributed by atoms with E-state index < -0.39 is 12.1 Å². The largest absolute Gasteiger partial charge is 0.448 e. The van der Waals surface area contributed by atoms with Crippen LogP contribution in [0.25, 0.3) is 5.69 Å². The van der Waals surface area contributed by atoms with Gasteiger partial charge in [-0.2, -0.15) is 9.90 Å². The van der Waals surface area contributed by atoms with E-state index in [1.807, 2.05) is 30.3 Å². The van der Waals surface area contributed by atoms with Crippen molar-refractivity contribution in [3.8, 4) is 5.69 Å². The fourth-order valence-corrected chi connectivity index (χ4v) is 2.55. The van der Waals surface area contributed by atoms with Crippen molar-refractivity contribution in [3.63, 3.8) is 0 Å². The number of nitrogens with zero attached hydrogens (tertiary/aromatic N) is 4. The summed E-state index contributed by atoms with van der Waals surface area (Å²) >= 11 is 0. The first kappa shape index (κ1) is 17.1. The van der Waals surface area contributed by atoms with E-state index in [1.165, 1.54) is 4.80 Å². The summed E-state index contributed by atoms with van der Waals surface area (Å²) < 4.78 is 10.5. The van der Waals surface area contributed by atoms with Crippen LogP contribution >= 0.6 is 0 Å². The number of morpholine rings is 1. The molecule has 0 radical (unpaired) electrons. The van der Waals surface area contributed by atoms with Gasteiger partial charge < -0.3 is 14.4 Å². The molecule has 1 atom stereocenters. The van der Waals surface area contributed by atoms with Crippen LogP contribution in [-0.2, 0) is 14.3 Å². The first-order valence-corrected chi connectivity index (χ1v) is 8.13. The number of carbonyl (C=O) groups excluding carboxylic acids is 2. The van der Waals surface area contributed by atoms with Gasteiger partial charge in [-0.05, 0) is 26.0 Å². The van der Waals surface area contributed by atoms with Gasteiger partial charge in [0.05, 0.1) is 24.6 Å². The van der Waals surface area contributed by atoms with E-state index in [9.17, 15) is 9.59 Å². The summed E-state index contributed by atoms with van der Waals surface area (Å²) in [5.41, 5.74) is 1.28. The average molecular weight is 344 g/mol. The lowest BCUT2D eigenvalue weighted by molar-refractivity contribution is -0.143. The lowest BCUT2D eigenvalue weighted by Crippen LogP contribution is -2.46. The molecule has 1 aromatic carbocycles.